The maximum atomic E-state index is 13.7. The van der Waals surface area contributed by atoms with Gasteiger partial charge in [-0.1, -0.05) is 6.42 Å². The van der Waals surface area contributed by atoms with E-state index in [1.165, 1.54) is 18.9 Å². The predicted octanol–water partition coefficient (Wildman–Crippen LogP) is 4.91. The van der Waals surface area contributed by atoms with Crippen LogP contribution < -0.4 is 5.73 Å². The van der Waals surface area contributed by atoms with Gasteiger partial charge in [-0.25, -0.2) is 14.4 Å². The van der Waals surface area contributed by atoms with Gasteiger partial charge in [0.25, 0.3) is 0 Å². The van der Waals surface area contributed by atoms with Crippen LogP contribution in [0.1, 0.15) is 31.4 Å². The average Bonchev–Trinajstić information content (AvgIpc) is 3.55. The van der Waals surface area contributed by atoms with E-state index in [9.17, 15) is 4.39 Å². The monoisotopic (exact) mass is 482 g/mol. The second-order valence-corrected chi connectivity index (χ2v) is 9.62. The molecule has 0 aromatic carbocycles. The third kappa shape index (κ3) is 4.37. The van der Waals surface area contributed by atoms with E-state index in [0.29, 0.717) is 29.0 Å². The molecule has 3 N–H and O–H groups in total. The van der Waals surface area contributed by atoms with Gasteiger partial charge in [0.2, 0.25) is 0 Å². The van der Waals surface area contributed by atoms with E-state index in [1.54, 1.807) is 19.2 Å². The number of aryl methyl sites for hydroxylation is 1. The van der Waals surface area contributed by atoms with Crippen molar-refractivity contribution < 1.29 is 4.39 Å². The number of aromatic amines is 1. The molecule has 9 heteroatoms. The van der Waals surface area contributed by atoms with Gasteiger partial charge in [-0.3, -0.25) is 14.8 Å². The first-order chi connectivity index (χ1) is 17.5. The van der Waals surface area contributed by atoms with Crippen molar-refractivity contribution >= 4 is 11.0 Å². The van der Waals surface area contributed by atoms with E-state index < -0.39 is 0 Å². The second kappa shape index (κ2) is 9.23. The molecule has 8 nitrogen and oxygen atoms in total. The first-order valence-corrected chi connectivity index (χ1v) is 12.3. The maximum absolute atomic E-state index is 13.7. The van der Waals surface area contributed by atoms with E-state index in [1.807, 2.05) is 35.3 Å². The minimum Gasteiger partial charge on any atom is -0.328 e. The highest BCUT2D eigenvalue weighted by Crippen LogP contribution is 2.31. The molecule has 182 valence electrons. The number of fused-ring (bicyclic) bond motifs is 1. The van der Waals surface area contributed by atoms with Gasteiger partial charge in [0, 0.05) is 41.7 Å². The summed E-state index contributed by atoms with van der Waals surface area (Å²) < 4.78 is 15.7. The van der Waals surface area contributed by atoms with E-state index in [2.05, 4.69) is 31.5 Å². The van der Waals surface area contributed by atoms with Crippen LogP contribution in [0, 0.1) is 18.7 Å². The van der Waals surface area contributed by atoms with Crippen LogP contribution in [-0.4, -0.2) is 41.0 Å². The van der Waals surface area contributed by atoms with Gasteiger partial charge in [0.15, 0.2) is 0 Å². The highest BCUT2D eigenvalue weighted by molar-refractivity contribution is 5.84. The number of nitrogens with two attached hydrogens (primary N) is 1. The van der Waals surface area contributed by atoms with Crippen molar-refractivity contribution in [2.45, 2.75) is 45.2 Å². The Morgan fingerprint density at radius 3 is 2.78 bits per heavy atom. The van der Waals surface area contributed by atoms with E-state index in [0.717, 1.165) is 52.8 Å². The standard InChI is InChI=1S/C27H27FN8/c1-16-22(28)5-6-25(33-16)27-21(13-31-35-27)23-7-8-24-26(34-23)10-18(11-30-24)19-12-32-36(15-19)14-17-3-2-4-20(29)9-17/h5-8,10-13,15,17,20H,2-4,9,14,29H2,1H3,(H,31,35)/t17-,20-/m0/s1. The van der Waals surface area contributed by atoms with Crippen LogP contribution in [0.3, 0.4) is 0 Å². The molecule has 6 rings (SSSR count). The lowest BCUT2D eigenvalue weighted by Crippen LogP contribution is -2.29. The van der Waals surface area contributed by atoms with Crippen LogP contribution >= 0.6 is 0 Å². The fourth-order valence-electron chi connectivity index (χ4n) is 5.05. The van der Waals surface area contributed by atoms with Crippen molar-refractivity contribution in [2.24, 2.45) is 11.7 Å². The molecule has 0 spiro atoms. The van der Waals surface area contributed by atoms with Crippen molar-refractivity contribution in [2.75, 3.05) is 0 Å². The summed E-state index contributed by atoms with van der Waals surface area (Å²) in [5.74, 6) is 0.233. The lowest BCUT2D eigenvalue weighted by atomic mass is 9.86. The first kappa shape index (κ1) is 22.5. The van der Waals surface area contributed by atoms with Gasteiger partial charge in [0.1, 0.15) is 5.82 Å². The SMILES string of the molecule is Cc1nc(-c2[nH]ncc2-c2ccc3ncc(-c4cnn(C[C@H]5CCC[C@H](N)C5)c4)cc3n2)ccc1F. The average molecular weight is 483 g/mol. The van der Waals surface area contributed by atoms with Gasteiger partial charge >= 0.3 is 0 Å². The molecule has 1 aliphatic carbocycles. The summed E-state index contributed by atoms with van der Waals surface area (Å²) in [7, 11) is 0. The summed E-state index contributed by atoms with van der Waals surface area (Å²) in [6.45, 7) is 2.53. The molecule has 0 saturated heterocycles. The molecule has 0 bridgehead atoms. The largest absolute Gasteiger partial charge is 0.328 e. The van der Waals surface area contributed by atoms with E-state index in [-0.39, 0.29) is 5.82 Å². The van der Waals surface area contributed by atoms with Crippen molar-refractivity contribution in [3.05, 3.63) is 66.6 Å². The number of hydrogen-bond acceptors (Lipinski definition) is 6. The minimum atomic E-state index is -0.340. The van der Waals surface area contributed by atoms with Gasteiger partial charge in [0.05, 0.1) is 46.2 Å². The smallest absolute Gasteiger partial charge is 0.144 e. The molecule has 1 saturated carbocycles. The number of pyridine rings is 3. The topological polar surface area (TPSA) is 111 Å². The zero-order valence-electron chi connectivity index (χ0n) is 20.0. The second-order valence-electron chi connectivity index (χ2n) is 9.62. The summed E-state index contributed by atoms with van der Waals surface area (Å²) >= 11 is 0. The number of H-pyrrole nitrogens is 1. The molecule has 5 aromatic rings. The normalized spacial score (nSPS) is 18.1. The van der Waals surface area contributed by atoms with Crippen molar-refractivity contribution in [1.29, 1.82) is 0 Å². The highest BCUT2D eigenvalue weighted by atomic mass is 19.1. The van der Waals surface area contributed by atoms with Gasteiger partial charge < -0.3 is 5.73 Å². The lowest BCUT2D eigenvalue weighted by Gasteiger charge is -2.26. The van der Waals surface area contributed by atoms with Crippen molar-refractivity contribution in [3.63, 3.8) is 0 Å². The number of nitrogens with zero attached hydrogens (tertiary/aromatic N) is 6. The zero-order valence-corrected chi connectivity index (χ0v) is 20.0. The number of nitrogens with one attached hydrogen (secondary N) is 1. The number of hydrogen-bond donors (Lipinski definition) is 2. The summed E-state index contributed by atoms with van der Waals surface area (Å²) in [4.78, 5) is 13.9. The van der Waals surface area contributed by atoms with Crippen LogP contribution in [0.25, 0.3) is 44.8 Å². The van der Waals surface area contributed by atoms with Gasteiger partial charge in [-0.15, -0.1) is 0 Å². The molecule has 0 unspecified atom stereocenters. The predicted molar refractivity (Wildman–Crippen MR) is 136 cm³/mol. The molecular formula is C27H27FN8. The fourth-order valence-corrected chi connectivity index (χ4v) is 5.05. The molecule has 0 radical (unpaired) electrons. The molecule has 0 amide bonds. The van der Waals surface area contributed by atoms with E-state index in [4.69, 9.17) is 10.7 Å². The molecule has 5 heterocycles. The molecule has 2 atom stereocenters. The summed E-state index contributed by atoms with van der Waals surface area (Å²) in [6, 6.07) is 9.24. The molecule has 1 fully saturated rings. The molecule has 5 aromatic heterocycles. The third-order valence-corrected chi connectivity index (χ3v) is 6.97. The Balaban J connectivity index is 1.29. The summed E-state index contributed by atoms with van der Waals surface area (Å²) in [6.07, 6.45) is 12.1. The Kier molecular flexibility index (Phi) is 5.77. The number of halogens is 1. The summed E-state index contributed by atoms with van der Waals surface area (Å²) in [5, 5.41) is 11.8. The lowest BCUT2D eigenvalue weighted by molar-refractivity contribution is 0.282. The molecule has 1 aliphatic rings. The third-order valence-electron chi connectivity index (χ3n) is 6.97. The van der Waals surface area contributed by atoms with E-state index >= 15 is 0 Å². The zero-order chi connectivity index (χ0) is 24.6. The van der Waals surface area contributed by atoms with Gasteiger partial charge in [-0.05, 0) is 62.4 Å². The van der Waals surface area contributed by atoms with Gasteiger partial charge in [-0.2, -0.15) is 10.2 Å². The van der Waals surface area contributed by atoms with Crippen LogP contribution in [0.2, 0.25) is 0 Å². The Morgan fingerprint density at radius 1 is 1.03 bits per heavy atom. The van der Waals surface area contributed by atoms with Crippen LogP contribution in [0.4, 0.5) is 4.39 Å². The van der Waals surface area contributed by atoms with Crippen LogP contribution in [-0.2, 0) is 6.54 Å². The fraction of sp³-hybridized carbons (Fsp3) is 0.296. The Morgan fingerprint density at radius 2 is 1.92 bits per heavy atom. The maximum Gasteiger partial charge on any atom is 0.144 e. The summed E-state index contributed by atoms with van der Waals surface area (Å²) in [5.41, 5.74) is 12.9. The Hall–Kier alpha value is -3.98. The minimum absolute atomic E-state index is 0.308. The molecular weight excluding hydrogens is 455 g/mol. The number of rotatable bonds is 5. The van der Waals surface area contributed by atoms with Crippen molar-refractivity contribution in [1.82, 2.24) is 34.9 Å². The molecule has 0 aliphatic heterocycles. The first-order valence-electron chi connectivity index (χ1n) is 12.3. The van der Waals surface area contributed by atoms with Crippen LogP contribution in [0.5, 0.6) is 0 Å². The van der Waals surface area contributed by atoms with Crippen LogP contribution in [0.15, 0.2) is 55.1 Å². The number of aromatic nitrogens is 7. The van der Waals surface area contributed by atoms with Crippen molar-refractivity contribution in [3.8, 4) is 33.8 Å². The highest BCUT2D eigenvalue weighted by Gasteiger charge is 2.20. The Bertz CT molecular complexity index is 1540. The quantitative estimate of drug-likeness (QED) is 0.368. The Labute approximate surface area is 207 Å². The molecule has 36 heavy (non-hydrogen) atoms.